The summed E-state index contributed by atoms with van der Waals surface area (Å²) in [6, 6.07) is 154. The largest absolute Gasteiger partial charge is 0.309 e. The van der Waals surface area contributed by atoms with Gasteiger partial charge in [-0.3, -0.25) is 18.2 Å². The third kappa shape index (κ3) is 12.2. The molecule has 0 spiro atoms. The van der Waals surface area contributed by atoms with E-state index in [0.717, 1.165) is 206 Å². The zero-order valence-electron chi connectivity index (χ0n) is 70.6. The Morgan fingerprint density at radius 3 is 1.13 bits per heavy atom. The molecule has 0 aliphatic rings. The normalized spacial score (nSPS) is 12.9. The van der Waals surface area contributed by atoms with Gasteiger partial charge in [-0.25, -0.2) is 15.0 Å². The summed E-state index contributed by atoms with van der Waals surface area (Å²) < 4.78 is 54.4. The van der Waals surface area contributed by atoms with Crippen LogP contribution in [0.4, 0.5) is 0 Å². The maximum absolute atomic E-state index is 16.4. The molecule has 0 saturated carbocycles. The molecule has 7 heterocycles. The number of fused-ring (bicyclic) bond motifs is 32. The van der Waals surface area contributed by atoms with Crippen molar-refractivity contribution in [2.45, 2.75) is 0 Å². The fourth-order valence-electron chi connectivity index (χ4n) is 20.5. The van der Waals surface area contributed by atoms with Gasteiger partial charge in [0.1, 0.15) is 16.9 Å². The van der Waals surface area contributed by atoms with E-state index in [1.807, 2.05) is 146 Å². The number of hydrogen-bond donors (Lipinski definition) is 0. The average molecular weight is 1730 g/mol. The summed E-state index contributed by atoms with van der Waals surface area (Å²) in [6.45, 7) is 0. The van der Waals surface area contributed by atoms with Crippen molar-refractivity contribution in [2.24, 2.45) is 0 Å². The minimum Gasteiger partial charge on any atom is -0.309 e. The van der Waals surface area contributed by atoms with E-state index in [1.165, 1.54) is 21.5 Å². The third-order valence-corrected chi connectivity index (χ3v) is 35.8. The molecular weight excluding hydrogens is 1660 g/mol. The van der Waals surface area contributed by atoms with Crippen LogP contribution in [-0.2, 0) is 13.7 Å². The Labute approximate surface area is 752 Å². The molecule has 0 saturated heterocycles. The van der Waals surface area contributed by atoms with Crippen LogP contribution in [0, 0.1) is 0 Å². The summed E-state index contributed by atoms with van der Waals surface area (Å²) in [7, 11) is -9.96. The first-order valence-electron chi connectivity index (χ1n) is 44.0. The molecule has 131 heavy (non-hydrogen) atoms. The van der Waals surface area contributed by atoms with E-state index in [9.17, 15) is 0 Å². The zero-order valence-corrected chi connectivity index (χ0v) is 73.3. The van der Waals surface area contributed by atoms with Gasteiger partial charge in [-0.05, 0) is 166 Å². The number of rotatable bonds is 10. The van der Waals surface area contributed by atoms with Gasteiger partial charge in [0.05, 0.1) is 49.7 Å². The predicted octanol–water partition coefficient (Wildman–Crippen LogP) is 26.1. The Balaban J connectivity index is 0.000000106. The highest BCUT2D eigenvalue weighted by Gasteiger charge is 2.37. The number of pyridine rings is 4. The molecule has 0 aliphatic heterocycles. The Kier molecular flexibility index (Phi) is 18.2. The van der Waals surface area contributed by atoms with Crippen molar-refractivity contribution in [1.82, 2.24) is 33.1 Å². The number of nitrogens with zero attached hydrogens (tertiary/aromatic N) is 7. The fourth-order valence-corrected chi connectivity index (χ4v) is 28.8. The summed E-state index contributed by atoms with van der Waals surface area (Å²) in [4.78, 5) is 19.9. The summed E-state index contributed by atoms with van der Waals surface area (Å²) in [6.07, 6.45) is 3.42. The Bertz CT molecular complexity index is 9430. The minimum absolute atomic E-state index is 0.762. The Morgan fingerprint density at radius 2 is 0.550 bits per heavy atom. The molecule has 0 N–H and O–H groups in total. The van der Waals surface area contributed by atoms with E-state index in [2.05, 4.69) is 322 Å². The van der Waals surface area contributed by atoms with Gasteiger partial charge >= 0.3 is 0 Å². The number of benzene rings is 20. The first kappa shape index (κ1) is 77.3. The second-order valence-corrected chi connectivity index (χ2v) is 41.9. The molecule has 0 radical (unpaired) electrons. The van der Waals surface area contributed by atoms with Gasteiger partial charge in [0.15, 0.2) is 21.4 Å². The molecule has 0 amide bonds. The molecule has 0 fully saturated rings. The molecule has 13 heteroatoms. The highest BCUT2D eigenvalue weighted by molar-refractivity contribution is 7.86. The van der Waals surface area contributed by atoms with Crippen molar-refractivity contribution in [1.29, 1.82) is 0 Å². The standard InChI is InChI=1S/C43H27N2OP.C41H27N2OP.C34H22N3OP/c46-47(33-23-20-28-10-1-3-13-31(28)26-33,34-24-21-29-11-2-4-14-32(29)27-34)40-19-9-17-38-42(40)45-39-18-8-7-16-36(39)37-25-22-30-12-5-6-15-35(30)41(37)43(45)44-38;44-45(31-15-5-2-6-16-31,32-25-22-29(23-26-32)28-12-3-1-4-13-28)38-21-11-20-37-40(38)34-27-24-30-14-7-8-17-33(30)39(34)41-42-35-18-9-10-19-36(35)43(37)41;38-39(24-9-2-1-3-10-24,25-18-20-35-21-19-25)26-15-17-30-32(22-26)37-31-13-7-6-12-28(31)29-16-14-23-8-4-5-11-27(23)33(29)34(37)36-30/h1-27H;1-27H;1-22H. The number of para-hydroxylation sites is 5. The van der Waals surface area contributed by atoms with Crippen LogP contribution >= 0.6 is 21.4 Å². The van der Waals surface area contributed by atoms with Gasteiger partial charge in [0.2, 0.25) is 0 Å². The highest BCUT2D eigenvalue weighted by Crippen LogP contribution is 2.51. The topological polar surface area (TPSA) is 116 Å². The van der Waals surface area contributed by atoms with Gasteiger partial charge in [-0.15, -0.1) is 0 Å². The molecule has 616 valence electrons. The van der Waals surface area contributed by atoms with E-state index in [0.29, 0.717) is 0 Å². The number of aromatic nitrogens is 7. The van der Waals surface area contributed by atoms with Crippen molar-refractivity contribution >= 4 is 238 Å². The van der Waals surface area contributed by atoms with E-state index < -0.39 is 21.4 Å². The first-order valence-corrected chi connectivity index (χ1v) is 49.2. The molecule has 20 aromatic carbocycles. The van der Waals surface area contributed by atoms with E-state index in [1.54, 1.807) is 12.4 Å². The lowest BCUT2D eigenvalue weighted by Gasteiger charge is -2.23. The summed E-state index contributed by atoms with van der Waals surface area (Å²) in [5.41, 5.74) is 13.6. The van der Waals surface area contributed by atoms with Crippen LogP contribution in [0.5, 0.6) is 0 Å². The van der Waals surface area contributed by atoms with Crippen LogP contribution < -0.4 is 47.7 Å². The molecule has 10 nitrogen and oxygen atoms in total. The fraction of sp³-hybridized carbons (Fsp3) is 0. The minimum atomic E-state index is -3.45. The van der Waals surface area contributed by atoms with Crippen LogP contribution in [0.15, 0.2) is 461 Å². The van der Waals surface area contributed by atoms with E-state index >= 15 is 13.7 Å². The van der Waals surface area contributed by atoms with E-state index in [-0.39, 0.29) is 0 Å². The van der Waals surface area contributed by atoms with Crippen LogP contribution in [0.2, 0.25) is 0 Å². The van der Waals surface area contributed by atoms with Gasteiger partial charge in [0, 0.05) is 92.5 Å². The lowest BCUT2D eigenvalue weighted by Crippen LogP contribution is -2.26. The monoisotopic (exact) mass is 1730 g/mol. The molecule has 0 bridgehead atoms. The zero-order chi connectivity index (χ0) is 87.0. The second kappa shape index (κ2) is 30.9. The smallest absolute Gasteiger partial charge is 0.173 e. The molecule has 27 aromatic rings. The van der Waals surface area contributed by atoms with Crippen LogP contribution in [0.1, 0.15) is 0 Å². The number of imidazole rings is 3. The van der Waals surface area contributed by atoms with Crippen LogP contribution in [0.3, 0.4) is 0 Å². The first-order chi connectivity index (χ1) is 64.6. The quantitative estimate of drug-likeness (QED) is 0.0989. The highest BCUT2D eigenvalue weighted by atomic mass is 31.2. The molecule has 7 aromatic heterocycles. The lowest BCUT2D eigenvalue weighted by molar-refractivity contribution is 0.591. The maximum Gasteiger partial charge on any atom is 0.173 e. The van der Waals surface area contributed by atoms with Gasteiger partial charge in [0.25, 0.3) is 0 Å². The second-order valence-electron chi connectivity index (χ2n) is 33.6. The molecule has 0 aliphatic carbocycles. The van der Waals surface area contributed by atoms with Gasteiger partial charge in [-0.1, -0.05) is 364 Å². The van der Waals surface area contributed by atoms with Crippen molar-refractivity contribution in [3.05, 3.63) is 461 Å². The van der Waals surface area contributed by atoms with Crippen molar-refractivity contribution < 1.29 is 13.7 Å². The Hall–Kier alpha value is -16.1. The van der Waals surface area contributed by atoms with Crippen LogP contribution in [0.25, 0.3) is 180 Å². The summed E-state index contributed by atoms with van der Waals surface area (Å²) in [5, 5.41) is 28.6. The predicted molar refractivity (Wildman–Crippen MR) is 552 cm³/mol. The van der Waals surface area contributed by atoms with Crippen molar-refractivity contribution in [3.8, 4) is 11.1 Å². The Morgan fingerprint density at radius 1 is 0.191 bits per heavy atom. The molecule has 2 unspecified atom stereocenters. The van der Waals surface area contributed by atoms with Crippen molar-refractivity contribution in [3.63, 3.8) is 0 Å². The lowest BCUT2D eigenvalue weighted by atomic mass is 9.99. The maximum atomic E-state index is 16.4. The van der Waals surface area contributed by atoms with E-state index in [4.69, 9.17) is 15.0 Å². The van der Waals surface area contributed by atoms with Gasteiger partial charge in [-0.2, -0.15) is 0 Å². The van der Waals surface area contributed by atoms with Gasteiger partial charge < -0.3 is 13.7 Å². The summed E-state index contributed by atoms with van der Waals surface area (Å²) in [5.74, 6) is 0. The molecular formula is C118H76N7O3P3. The SMILES string of the molecule is O=P(c1ccc2ccccc2c1)(c1ccc2ccccc2c1)c1cccc2nc3c4c5ccccc5ccc4c4ccccc4n3c12.O=P(c1ccccc1)(c1ccc(-c2ccccc2)cc1)c1cccc2c1c1ccc3ccccc3c1c1nc3ccccc3n21.O=P(c1ccccc1)(c1ccncc1)c1ccc2nc3c4c5ccccc5ccc4c4ccccc4n3c2c1. The molecule has 27 rings (SSSR count). The average Bonchev–Trinajstić information content (AvgIpc) is 1.59. The number of hydrogen-bond acceptors (Lipinski definition) is 7. The molecule has 2 atom stereocenters. The summed E-state index contributed by atoms with van der Waals surface area (Å²) >= 11 is 0. The third-order valence-electron chi connectivity index (χ3n) is 26.6. The van der Waals surface area contributed by atoms with Crippen LogP contribution in [-0.4, -0.2) is 33.1 Å². The van der Waals surface area contributed by atoms with Crippen molar-refractivity contribution in [2.75, 3.05) is 0 Å².